The number of likely N-dealkylation sites (N-methyl/N-ethyl adjacent to an activating group) is 1. The zero-order valence-electron chi connectivity index (χ0n) is 45.9. The number of nitrogens with zero attached hydrogens (tertiary/aromatic N) is 4. The third-order valence-electron chi connectivity index (χ3n) is 15.5. The lowest BCUT2D eigenvalue weighted by Crippen LogP contribution is -2.61. The molecule has 0 aromatic heterocycles. The lowest BCUT2D eigenvalue weighted by molar-refractivity contribution is -0.150. The molecule has 0 unspecified atom stereocenters. The maximum atomic E-state index is 15.2. The van der Waals surface area contributed by atoms with Crippen LogP contribution >= 0.6 is 11.8 Å². The van der Waals surface area contributed by atoms with Crippen molar-refractivity contribution < 1.29 is 47.9 Å². The number of carbonyl (C=O) groups excluding carboxylic acids is 10. The zero-order valence-corrected chi connectivity index (χ0v) is 46.8. The molecule has 4 aliphatic heterocycles. The van der Waals surface area contributed by atoms with Crippen LogP contribution in [0.4, 0.5) is 0 Å². The molecule has 7 rings (SSSR count). The number of nitrogens with two attached hydrogens (primary N) is 3. The van der Waals surface area contributed by atoms with Crippen molar-refractivity contribution in [2.75, 3.05) is 38.2 Å². The topological polar surface area (TPSA) is 310 Å². The highest BCUT2D eigenvalue weighted by Gasteiger charge is 2.46. The van der Waals surface area contributed by atoms with E-state index >= 15 is 9.59 Å². The molecule has 3 aromatic rings. The molecule has 0 saturated carbocycles. The van der Waals surface area contributed by atoms with Crippen molar-refractivity contribution in [2.24, 2.45) is 23.1 Å². The van der Waals surface area contributed by atoms with Gasteiger partial charge in [0, 0.05) is 57.3 Å². The number of unbranched alkanes of at least 4 members (excludes halogenated alkanes) is 2. The molecular formula is C58H77N11O10S. The number of nitrogens with one attached hydrogen (secondary N) is 4. The predicted octanol–water partition coefficient (Wildman–Crippen LogP) is 1.07. The molecule has 0 radical (unpaired) electrons. The van der Waals surface area contributed by atoms with E-state index in [2.05, 4.69) is 21.3 Å². The highest BCUT2D eigenvalue weighted by molar-refractivity contribution is 8.00. The number of amides is 10. The number of carbonyl (C=O) groups is 10. The van der Waals surface area contributed by atoms with Gasteiger partial charge >= 0.3 is 0 Å². The number of benzene rings is 3. The van der Waals surface area contributed by atoms with Crippen LogP contribution in [0.1, 0.15) is 104 Å². The molecule has 3 saturated heterocycles. The van der Waals surface area contributed by atoms with Gasteiger partial charge in [0.2, 0.25) is 59.1 Å². The molecule has 8 atom stereocenters. The minimum absolute atomic E-state index is 0.00119. The molecule has 3 fully saturated rings. The number of fused-ring (bicyclic) bond motifs is 4. The lowest BCUT2D eigenvalue weighted by atomic mass is 9.92. The molecule has 430 valence electrons. The van der Waals surface area contributed by atoms with E-state index in [1.54, 1.807) is 12.1 Å². The van der Waals surface area contributed by atoms with E-state index in [9.17, 15) is 38.4 Å². The maximum Gasteiger partial charge on any atom is 0.248 e. The maximum absolute atomic E-state index is 15.2. The quantitative estimate of drug-likeness (QED) is 0.118. The lowest BCUT2D eigenvalue weighted by Gasteiger charge is -2.40. The van der Waals surface area contributed by atoms with E-state index in [-0.39, 0.29) is 81.1 Å². The average molecular weight is 1120 g/mol. The molecule has 22 heteroatoms. The summed E-state index contributed by atoms with van der Waals surface area (Å²) in [7, 11) is 1.49. The van der Waals surface area contributed by atoms with Gasteiger partial charge in [-0.15, -0.1) is 11.8 Å². The number of rotatable bonds is 13. The Balaban J connectivity index is 1.27. The van der Waals surface area contributed by atoms with Crippen molar-refractivity contribution in [1.29, 1.82) is 0 Å². The zero-order chi connectivity index (χ0) is 57.6. The van der Waals surface area contributed by atoms with Gasteiger partial charge in [0.25, 0.3) is 0 Å². The minimum Gasteiger partial charge on any atom is -0.368 e. The summed E-state index contributed by atoms with van der Waals surface area (Å²) in [6, 6.07) is 13.3. The third-order valence-corrected chi connectivity index (χ3v) is 16.6. The van der Waals surface area contributed by atoms with Crippen molar-refractivity contribution >= 4 is 70.8 Å². The van der Waals surface area contributed by atoms with Gasteiger partial charge in [-0.05, 0) is 91.8 Å². The van der Waals surface area contributed by atoms with Crippen LogP contribution in [0.2, 0.25) is 0 Å². The van der Waals surface area contributed by atoms with Crippen molar-refractivity contribution in [2.45, 2.75) is 146 Å². The SMILES string of the molecule is CC(C)C[C@@H]1NC(=O)[C@@H]2CCCN2C(=O)[C@H](Cc2ccccc2)N(C)C(=O)CSC[C@@H](C(N)=O)NC(=O)[C@H](Cc2ccc(C(N)=O)cc2)NC(=O)[C@@H]2Cc3ccccc3CN2C(=O)[C@@H]2CCCN2C(=O)[C@H](CCCCCN)NC1=O. The second kappa shape index (κ2) is 28.2. The van der Waals surface area contributed by atoms with E-state index < -0.39 is 107 Å². The number of hydrogen-bond acceptors (Lipinski definition) is 12. The van der Waals surface area contributed by atoms with Crippen LogP contribution in [0.25, 0.3) is 0 Å². The van der Waals surface area contributed by atoms with E-state index in [1.807, 2.05) is 68.4 Å². The Labute approximate surface area is 471 Å². The van der Waals surface area contributed by atoms with Crippen LogP contribution in [-0.2, 0) is 69.0 Å². The largest absolute Gasteiger partial charge is 0.368 e. The first-order valence-corrected chi connectivity index (χ1v) is 29.0. The molecule has 4 aliphatic rings. The summed E-state index contributed by atoms with van der Waals surface area (Å²) in [6.45, 7) is 4.62. The van der Waals surface area contributed by atoms with Crippen molar-refractivity contribution in [1.82, 2.24) is 40.9 Å². The normalized spacial score (nSPS) is 25.2. The Morgan fingerprint density at radius 1 is 0.625 bits per heavy atom. The highest BCUT2D eigenvalue weighted by atomic mass is 32.2. The van der Waals surface area contributed by atoms with Crippen molar-refractivity contribution in [3.8, 4) is 0 Å². The standard InChI is InChI=1S/C58H77N11O10S/c1-35(2)28-42-52(73)62-41(18-8-5-11-25-59)56(77)68-27-13-20-46(68)57(78)69-32-40-17-10-9-16-39(40)31-47(69)55(76)64-43(29-37-21-23-38(24-22-37)50(60)71)53(74)65-44(51(61)72)33-80-34-49(70)66(3)48(30-36-14-6-4-7-15-36)58(79)67-26-12-19-45(67)54(75)63-42/h4,6-7,9-10,14-17,21-24,35,41-48H,5,8,11-13,18-20,25-34,59H2,1-3H3,(H2,60,71)(H2,61,72)(H,62,73)(H,63,75)(H,64,76)(H,65,74)/t41-,42-,43-,44-,45-,46-,47-,48-/m0/s1. The van der Waals surface area contributed by atoms with Gasteiger partial charge in [0.15, 0.2) is 0 Å². The summed E-state index contributed by atoms with van der Waals surface area (Å²) in [5.41, 5.74) is 20.3. The molecule has 10 N–H and O–H groups in total. The Morgan fingerprint density at radius 3 is 1.89 bits per heavy atom. The van der Waals surface area contributed by atoms with Crippen LogP contribution in [0.5, 0.6) is 0 Å². The minimum atomic E-state index is -1.38. The van der Waals surface area contributed by atoms with Crippen LogP contribution in [0.15, 0.2) is 78.9 Å². The molecule has 21 nitrogen and oxygen atoms in total. The summed E-state index contributed by atoms with van der Waals surface area (Å²) < 4.78 is 0. The fourth-order valence-corrected chi connectivity index (χ4v) is 12.1. The van der Waals surface area contributed by atoms with Crippen LogP contribution in [0, 0.1) is 5.92 Å². The van der Waals surface area contributed by atoms with E-state index in [4.69, 9.17) is 17.2 Å². The van der Waals surface area contributed by atoms with Gasteiger partial charge in [-0.3, -0.25) is 47.9 Å². The summed E-state index contributed by atoms with van der Waals surface area (Å²) >= 11 is 0.993. The van der Waals surface area contributed by atoms with Crippen molar-refractivity contribution in [3.63, 3.8) is 0 Å². The first-order valence-electron chi connectivity index (χ1n) is 27.8. The Bertz CT molecular complexity index is 2750. The van der Waals surface area contributed by atoms with Gasteiger partial charge in [-0.2, -0.15) is 0 Å². The molecular weight excluding hydrogens is 1040 g/mol. The van der Waals surface area contributed by atoms with Gasteiger partial charge in [0.05, 0.1) is 5.75 Å². The first kappa shape index (κ1) is 60.3. The van der Waals surface area contributed by atoms with Crippen LogP contribution in [-0.4, -0.2) is 165 Å². The van der Waals surface area contributed by atoms with Gasteiger partial charge in [-0.1, -0.05) is 93.4 Å². The second-order valence-corrected chi connectivity index (χ2v) is 22.8. The molecule has 0 spiro atoms. The summed E-state index contributed by atoms with van der Waals surface area (Å²) in [4.78, 5) is 149. The Hall–Kier alpha value is -7.33. The fraction of sp³-hybridized carbons (Fsp3) is 0.517. The highest BCUT2D eigenvalue weighted by Crippen LogP contribution is 2.30. The van der Waals surface area contributed by atoms with Crippen LogP contribution in [0.3, 0.4) is 0 Å². The third kappa shape index (κ3) is 15.3. The fourth-order valence-electron chi connectivity index (χ4n) is 11.1. The van der Waals surface area contributed by atoms with Gasteiger partial charge in [0.1, 0.15) is 48.3 Å². The van der Waals surface area contributed by atoms with Crippen molar-refractivity contribution in [3.05, 3.63) is 107 Å². The number of thioether (sulfide) groups is 1. The molecule has 4 heterocycles. The predicted molar refractivity (Wildman–Crippen MR) is 301 cm³/mol. The van der Waals surface area contributed by atoms with E-state index in [1.165, 1.54) is 38.8 Å². The Morgan fingerprint density at radius 2 is 1.23 bits per heavy atom. The number of primary amides is 2. The Kier molecular flexibility index (Phi) is 21.3. The first-order chi connectivity index (χ1) is 38.3. The monoisotopic (exact) mass is 1120 g/mol. The smallest absolute Gasteiger partial charge is 0.248 e. The number of hydrogen-bond donors (Lipinski definition) is 7. The summed E-state index contributed by atoms with van der Waals surface area (Å²) in [5.74, 6) is -6.77. The van der Waals surface area contributed by atoms with E-state index in [0.29, 0.717) is 50.6 Å². The molecule has 80 heavy (non-hydrogen) atoms. The van der Waals surface area contributed by atoms with Gasteiger partial charge < -0.3 is 58.1 Å². The van der Waals surface area contributed by atoms with Crippen LogP contribution < -0.4 is 38.5 Å². The molecule has 3 aromatic carbocycles. The summed E-state index contributed by atoms with van der Waals surface area (Å²) in [6.07, 6.45) is 3.73. The molecule has 0 aliphatic carbocycles. The second-order valence-electron chi connectivity index (χ2n) is 21.7. The molecule has 0 bridgehead atoms. The summed E-state index contributed by atoms with van der Waals surface area (Å²) in [5, 5.41) is 11.4. The average Bonchev–Trinajstić information content (AvgIpc) is 4.23. The van der Waals surface area contributed by atoms with E-state index in [0.717, 1.165) is 28.5 Å². The molecule has 10 amide bonds. The van der Waals surface area contributed by atoms with Gasteiger partial charge in [-0.25, -0.2) is 0 Å².